The molecule has 0 aliphatic heterocycles. The van der Waals surface area contributed by atoms with Gasteiger partial charge in [-0.25, -0.2) is 9.97 Å². The van der Waals surface area contributed by atoms with Gasteiger partial charge in [0.2, 0.25) is 0 Å². The van der Waals surface area contributed by atoms with Crippen molar-refractivity contribution in [1.82, 2.24) is 19.7 Å². The van der Waals surface area contributed by atoms with Crippen LogP contribution in [0.1, 0.15) is 5.69 Å². The van der Waals surface area contributed by atoms with E-state index in [1.54, 1.807) is 18.0 Å². The summed E-state index contributed by atoms with van der Waals surface area (Å²) in [6.45, 7) is 0.410. The molecule has 0 aromatic carbocycles. The lowest BCUT2D eigenvalue weighted by molar-refractivity contribution is 0.181. The first-order valence-electron chi connectivity index (χ1n) is 4.81. The van der Waals surface area contributed by atoms with Crippen LogP contribution < -0.4 is 0 Å². The number of hydrogen-bond acceptors (Lipinski definition) is 4. The number of methoxy groups -OCH3 is 1. The van der Waals surface area contributed by atoms with Crippen molar-refractivity contribution >= 4 is 34.2 Å². The van der Waals surface area contributed by atoms with Crippen molar-refractivity contribution < 1.29 is 4.74 Å². The molecule has 2 aromatic heterocycles. The number of nitrogens with zero attached hydrogens (tertiary/aromatic N) is 4. The zero-order valence-electron chi connectivity index (χ0n) is 9.31. The Kier molecular flexibility index (Phi) is 3.95. The molecule has 0 saturated carbocycles. The number of aryl methyl sites for hydroxylation is 1. The zero-order valence-corrected chi connectivity index (χ0v) is 12.2. The van der Waals surface area contributed by atoms with Crippen LogP contribution in [0.25, 0.3) is 11.4 Å². The molecule has 0 saturated heterocycles. The van der Waals surface area contributed by atoms with E-state index in [1.165, 1.54) is 0 Å². The first kappa shape index (κ1) is 12.7. The lowest BCUT2D eigenvalue weighted by Crippen LogP contribution is -2.01. The van der Waals surface area contributed by atoms with Gasteiger partial charge in [0.15, 0.2) is 5.82 Å². The second kappa shape index (κ2) is 5.28. The molecule has 2 aromatic rings. The molecule has 0 fully saturated rings. The Morgan fingerprint density at radius 2 is 2.24 bits per heavy atom. The highest BCUT2D eigenvalue weighted by Crippen LogP contribution is 2.23. The Bertz CT molecular complexity index is 543. The Morgan fingerprint density at radius 1 is 1.47 bits per heavy atom. The summed E-state index contributed by atoms with van der Waals surface area (Å²) in [5, 5.41) is 4.52. The molecule has 0 atom stereocenters. The normalized spacial score (nSPS) is 10.8. The first-order valence-corrected chi connectivity index (χ1v) is 6.27. The van der Waals surface area contributed by atoms with Gasteiger partial charge in [0.1, 0.15) is 5.15 Å². The molecule has 7 heteroatoms. The smallest absolute Gasteiger partial charge is 0.164 e. The average Bonchev–Trinajstić information content (AvgIpc) is 2.71. The molecule has 2 heterocycles. The molecule has 2 rings (SSSR count). The highest BCUT2D eigenvalue weighted by atomic mass is 127. The van der Waals surface area contributed by atoms with Gasteiger partial charge in [-0.1, -0.05) is 11.6 Å². The molecule has 0 aliphatic carbocycles. The molecule has 90 valence electrons. The maximum atomic E-state index is 6.07. The van der Waals surface area contributed by atoms with E-state index in [4.69, 9.17) is 16.3 Å². The van der Waals surface area contributed by atoms with Gasteiger partial charge in [0.25, 0.3) is 0 Å². The van der Waals surface area contributed by atoms with Crippen LogP contribution in [0.3, 0.4) is 0 Å². The van der Waals surface area contributed by atoms with E-state index in [9.17, 15) is 0 Å². The summed E-state index contributed by atoms with van der Waals surface area (Å²) >= 11 is 8.18. The average molecular weight is 365 g/mol. The van der Waals surface area contributed by atoms with Gasteiger partial charge in [-0.2, -0.15) is 5.10 Å². The van der Waals surface area contributed by atoms with E-state index in [2.05, 4.69) is 37.7 Å². The summed E-state index contributed by atoms with van der Waals surface area (Å²) in [7, 11) is 3.46. The van der Waals surface area contributed by atoms with Gasteiger partial charge in [-0.05, 0) is 22.6 Å². The molecular weight excluding hydrogens is 354 g/mol. The third-order valence-corrected chi connectivity index (χ3v) is 3.85. The lowest BCUT2D eigenvalue weighted by atomic mass is 10.3. The predicted octanol–water partition coefficient (Wildman–Crippen LogP) is 2.28. The molecule has 0 unspecified atom stereocenters. The highest BCUT2D eigenvalue weighted by molar-refractivity contribution is 14.1. The van der Waals surface area contributed by atoms with Crippen molar-refractivity contribution in [1.29, 1.82) is 0 Å². The molecule has 0 N–H and O–H groups in total. The minimum absolute atomic E-state index is 0.410. The van der Waals surface area contributed by atoms with Gasteiger partial charge in [-0.15, -0.1) is 0 Å². The number of rotatable bonds is 3. The van der Waals surface area contributed by atoms with Crippen LogP contribution in [0.5, 0.6) is 0 Å². The van der Waals surface area contributed by atoms with Gasteiger partial charge >= 0.3 is 0 Å². The van der Waals surface area contributed by atoms with Crippen LogP contribution in [0.2, 0.25) is 5.15 Å². The molecule has 5 nitrogen and oxygen atoms in total. The Balaban J connectivity index is 2.48. The summed E-state index contributed by atoms with van der Waals surface area (Å²) < 4.78 is 7.60. The van der Waals surface area contributed by atoms with E-state index < -0.39 is 0 Å². The van der Waals surface area contributed by atoms with Gasteiger partial charge < -0.3 is 4.74 Å². The number of halogens is 2. The van der Waals surface area contributed by atoms with E-state index >= 15 is 0 Å². The first-order chi connectivity index (χ1) is 8.11. The van der Waals surface area contributed by atoms with Gasteiger partial charge in [-0.3, -0.25) is 4.68 Å². The second-order valence-corrected chi connectivity index (χ2v) is 4.87. The molecule has 0 amide bonds. The molecule has 0 radical (unpaired) electrons. The van der Waals surface area contributed by atoms with E-state index in [-0.39, 0.29) is 0 Å². The fraction of sp³-hybridized carbons (Fsp3) is 0.300. The molecule has 0 aliphatic rings. The van der Waals surface area contributed by atoms with Crippen molar-refractivity contribution in [3.63, 3.8) is 0 Å². The summed E-state index contributed by atoms with van der Waals surface area (Å²) in [5.74, 6) is 0.565. The van der Waals surface area contributed by atoms with Crippen LogP contribution in [0.15, 0.2) is 12.4 Å². The Hall–Kier alpha value is -0.730. The minimum Gasteiger partial charge on any atom is -0.378 e. The second-order valence-electron chi connectivity index (χ2n) is 3.43. The van der Waals surface area contributed by atoms with Crippen LogP contribution >= 0.6 is 34.2 Å². The summed E-state index contributed by atoms with van der Waals surface area (Å²) in [6, 6.07) is 0. The van der Waals surface area contributed by atoms with Crippen molar-refractivity contribution in [3.8, 4) is 11.4 Å². The van der Waals surface area contributed by atoms with Crippen LogP contribution in [-0.4, -0.2) is 26.9 Å². The maximum Gasteiger partial charge on any atom is 0.164 e. The summed E-state index contributed by atoms with van der Waals surface area (Å²) in [5.41, 5.74) is 1.62. The van der Waals surface area contributed by atoms with Crippen molar-refractivity contribution in [2.24, 2.45) is 7.05 Å². The molecule has 0 spiro atoms. The minimum atomic E-state index is 0.410. The molecule has 0 bridgehead atoms. The fourth-order valence-electron chi connectivity index (χ4n) is 1.36. The monoisotopic (exact) mass is 364 g/mol. The zero-order chi connectivity index (χ0) is 12.4. The van der Waals surface area contributed by atoms with Crippen molar-refractivity contribution in [2.75, 3.05) is 7.11 Å². The third-order valence-electron chi connectivity index (χ3n) is 2.12. The molecular formula is C10H10ClIN4O. The largest absolute Gasteiger partial charge is 0.378 e. The number of hydrogen-bond donors (Lipinski definition) is 0. The maximum absolute atomic E-state index is 6.07. The fourth-order valence-corrected chi connectivity index (χ4v) is 1.95. The van der Waals surface area contributed by atoms with E-state index in [0.717, 1.165) is 14.8 Å². The Morgan fingerprint density at radius 3 is 2.82 bits per heavy atom. The van der Waals surface area contributed by atoms with Crippen LogP contribution in [0.4, 0.5) is 0 Å². The summed E-state index contributed by atoms with van der Waals surface area (Å²) in [6.07, 6.45) is 3.55. The SMILES string of the molecule is COCc1nc(-c2cnn(C)c2)nc(Cl)c1I. The van der Waals surface area contributed by atoms with Gasteiger partial charge in [0, 0.05) is 20.4 Å². The van der Waals surface area contributed by atoms with E-state index in [0.29, 0.717) is 17.6 Å². The number of aromatic nitrogens is 4. The van der Waals surface area contributed by atoms with Crippen molar-refractivity contribution in [3.05, 3.63) is 26.8 Å². The quantitative estimate of drug-likeness (QED) is 0.619. The third kappa shape index (κ3) is 2.75. The predicted molar refractivity (Wildman–Crippen MR) is 72.7 cm³/mol. The van der Waals surface area contributed by atoms with Crippen molar-refractivity contribution in [2.45, 2.75) is 6.61 Å². The molecule has 17 heavy (non-hydrogen) atoms. The van der Waals surface area contributed by atoms with Crippen LogP contribution in [-0.2, 0) is 18.4 Å². The standard InChI is InChI=1S/C10H10ClIN4O/c1-16-4-6(3-13-16)10-14-7(5-17-2)8(12)9(11)15-10/h3-4H,5H2,1-2H3. The topological polar surface area (TPSA) is 52.8 Å². The van der Waals surface area contributed by atoms with Crippen LogP contribution in [0, 0.1) is 3.57 Å². The van der Waals surface area contributed by atoms with E-state index in [1.807, 2.05) is 13.2 Å². The summed E-state index contributed by atoms with van der Waals surface area (Å²) in [4.78, 5) is 8.66. The Labute approximate surface area is 117 Å². The van der Waals surface area contributed by atoms with Gasteiger partial charge in [0.05, 0.1) is 27.6 Å². The number of ether oxygens (including phenoxy) is 1. The highest BCUT2D eigenvalue weighted by Gasteiger charge is 2.12. The lowest BCUT2D eigenvalue weighted by Gasteiger charge is -2.06.